The van der Waals surface area contributed by atoms with Crippen LogP contribution in [0, 0.1) is 0 Å². The molecule has 1 aliphatic heterocycles. The van der Waals surface area contributed by atoms with Gasteiger partial charge in [-0.25, -0.2) is 0 Å². The van der Waals surface area contributed by atoms with Crippen molar-refractivity contribution in [2.75, 3.05) is 52.4 Å². The lowest BCUT2D eigenvalue weighted by Crippen LogP contribution is -2.42. The third-order valence-corrected chi connectivity index (χ3v) is 2.97. The van der Waals surface area contributed by atoms with Crippen LogP contribution in [0.2, 0.25) is 0 Å². The Morgan fingerprint density at radius 1 is 0.588 bits per heavy atom. The van der Waals surface area contributed by atoms with Gasteiger partial charge in [-0.2, -0.15) is 0 Å². The predicted octanol–water partition coefficient (Wildman–Crippen LogP) is -1.27. The molecule has 0 saturated carbocycles. The molecule has 1 heterocycles. The minimum atomic E-state index is 0.539. The summed E-state index contributed by atoms with van der Waals surface area (Å²) in [7, 11) is 0. The molecule has 0 aromatic heterocycles. The van der Waals surface area contributed by atoms with E-state index in [0.29, 0.717) is 12.1 Å². The van der Waals surface area contributed by atoms with Crippen molar-refractivity contribution in [3.8, 4) is 0 Å². The van der Waals surface area contributed by atoms with Gasteiger partial charge in [-0.15, -0.1) is 0 Å². The lowest BCUT2D eigenvalue weighted by molar-refractivity contribution is 0.477. The highest BCUT2D eigenvalue weighted by molar-refractivity contribution is 4.69. The van der Waals surface area contributed by atoms with Crippen LogP contribution in [0.4, 0.5) is 0 Å². The summed E-state index contributed by atoms with van der Waals surface area (Å²) in [6, 6.07) is 1.08. The summed E-state index contributed by atoms with van der Waals surface area (Å²) < 4.78 is 0. The Kier molecular flexibility index (Phi) is 8.56. The van der Waals surface area contributed by atoms with Gasteiger partial charge in [0.05, 0.1) is 0 Å². The normalized spacial score (nSPS) is 31.4. The minimum Gasteiger partial charge on any atom is -0.314 e. The van der Waals surface area contributed by atoms with E-state index in [1.807, 2.05) is 0 Å². The van der Waals surface area contributed by atoms with Crippen LogP contribution in [-0.4, -0.2) is 64.4 Å². The fraction of sp³-hybridized carbons (Fsp3) is 1.00. The van der Waals surface area contributed by atoms with Crippen molar-refractivity contribution >= 4 is 0 Å². The van der Waals surface area contributed by atoms with Crippen LogP contribution in [0.1, 0.15) is 13.8 Å². The van der Waals surface area contributed by atoms with E-state index in [0.717, 1.165) is 52.4 Å². The van der Waals surface area contributed by atoms with E-state index in [-0.39, 0.29) is 0 Å². The molecule has 5 N–H and O–H groups in total. The summed E-state index contributed by atoms with van der Waals surface area (Å²) in [6.07, 6.45) is 0. The highest BCUT2D eigenvalue weighted by Crippen LogP contribution is 1.80. The minimum absolute atomic E-state index is 0.539. The van der Waals surface area contributed by atoms with Crippen LogP contribution in [0.25, 0.3) is 0 Å². The number of rotatable bonds is 0. The van der Waals surface area contributed by atoms with Crippen LogP contribution in [0.15, 0.2) is 0 Å². The molecule has 1 saturated heterocycles. The average molecular weight is 243 g/mol. The molecule has 2 atom stereocenters. The molecule has 0 aliphatic carbocycles. The first kappa shape index (κ1) is 14.9. The molecular weight excluding hydrogens is 214 g/mol. The fourth-order valence-corrected chi connectivity index (χ4v) is 1.90. The third kappa shape index (κ3) is 8.51. The van der Waals surface area contributed by atoms with E-state index >= 15 is 0 Å². The molecular formula is C12H29N5. The molecule has 0 radical (unpaired) electrons. The van der Waals surface area contributed by atoms with E-state index in [4.69, 9.17) is 0 Å². The first-order chi connectivity index (χ1) is 8.29. The van der Waals surface area contributed by atoms with Gasteiger partial charge >= 0.3 is 0 Å². The van der Waals surface area contributed by atoms with Crippen molar-refractivity contribution < 1.29 is 0 Å². The van der Waals surface area contributed by atoms with Gasteiger partial charge in [0.15, 0.2) is 0 Å². The molecule has 0 unspecified atom stereocenters. The summed E-state index contributed by atoms with van der Waals surface area (Å²) in [4.78, 5) is 0. The van der Waals surface area contributed by atoms with Crippen LogP contribution >= 0.6 is 0 Å². The second-order valence-corrected chi connectivity index (χ2v) is 4.87. The quantitative estimate of drug-likeness (QED) is 0.367. The SMILES string of the molecule is C[C@H]1CNCCNCCN[C@@H](C)CNCCN1. The summed E-state index contributed by atoms with van der Waals surface area (Å²) in [5.41, 5.74) is 0. The molecule has 1 fully saturated rings. The molecule has 0 bridgehead atoms. The average Bonchev–Trinajstić information content (AvgIpc) is 2.31. The maximum Gasteiger partial charge on any atom is 0.0164 e. The zero-order chi connectivity index (χ0) is 12.3. The van der Waals surface area contributed by atoms with Gasteiger partial charge in [0.1, 0.15) is 0 Å². The Labute approximate surface area is 105 Å². The molecule has 102 valence electrons. The van der Waals surface area contributed by atoms with Gasteiger partial charge in [0, 0.05) is 64.4 Å². The highest BCUT2D eigenvalue weighted by atomic mass is 15.0. The van der Waals surface area contributed by atoms with Crippen LogP contribution in [-0.2, 0) is 0 Å². The molecule has 0 aromatic carbocycles. The first-order valence-corrected chi connectivity index (χ1v) is 6.88. The second-order valence-electron chi connectivity index (χ2n) is 4.87. The maximum absolute atomic E-state index is 3.50. The predicted molar refractivity (Wildman–Crippen MR) is 73.5 cm³/mol. The fourth-order valence-electron chi connectivity index (χ4n) is 1.90. The van der Waals surface area contributed by atoms with Crippen molar-refractivity contribution in [2.45, 2.75) is 25.9 Å². The summed E-state index contributed by atoms with van der Waals surface area (Å²) in [5.74, 6) is 0. The van der Waals surface area contributed by atoms with Gasteiger partial charge in [0.2, 0.25) is 0 Å². The number of hydrogen-bond donors (Lipinski definition) is 5. The zero-order valence-electron chi connectivity index (χ0n) is 11.3. The van der Waals surface area contributed by atoms with Crippen molar-refractivity contribution in [1.82, 2.24) is 26.6 Å². The topological polar surface area (TPSA) is 60.1 Å². The monoisotopic (exact) mass is 243 g/mol. The van der Waals surface area contributed by atoms with Crippen molar-refractivity contribution in [1.29, 1.82) is 0 Å². The Hall–Kier alpha value is -0.200. The lowest BCUT2D eigenvalue weighted by atomic mass is 10.3. The largest absolute Gasteiger partial charge is 0.314 e. The van der Waals surface area contributed by atoms with Crippen LogP contribution < -0.4 is 26.6 Å². The van der Waals surface area contributed by atoms with Crippen molar-refractivity contribution in [2.24, 2.45) is 0 Å². The highest BCUT2D eigenvalue weighted by Gasteiger charge is 2.02. The zero-order valence-corrected chi connectivity index (χ0v) is 11.3. The van der Waals surface area contributed by atoms with Gasteiger partial charge in [-0.3, -0.25) is 0 Å². The van der Waals surface area contributed by atoms with E-state index in [1.165, 1.54) is 0 Å². The van der Waals surface area contributed by atoms with Crippen molar-refractivity contribution in [3.05, 3.63) is 0 Å². The molecule has 1 aliphatic rings. The Morgan fingerprint density at radius 3 is 1.59 bits per heavy atom. The summed E-state index contributed by atoms with van der Waals surface area (Å²) in [5, 5.41) is 17.3. The third-order valence-electron chi connectivity index (χ3n) is 2.97. The molecule has 1 rings (SSSR count). The van der Waals surface area contributed by atoms with Gasteiger partial charge < -0.3 is 26.6 Å². The molecule has 0 amide bonds. The standard InChI is InChI=1S/C12H29N5/c1-11-9-14-4-3-13-5-7-16-12(2)10-15-6-8-17-11/h11-17H,3-10H2,1-2H3/t11-,12-/m0/s1. The molecule has 17 heavy (non-hydrogen) atoms. The smallest absolute Gasteiger partial charge is 0.0164 e. The first-order valence-electron chi connectivity index (χ1n) is 6.88. The van der Waals surface area contributed by atoms with Crippen LogP contribution in [0.5, 0.6) is 0 Å². The maximum atomic E-state index is 3.50. The van der Waals surface area contributed by atoms with Gasteiger partial charge in [-0.05, 0) is 13.8 Å². The molecule has 0 spiro atoms. The van der Waals surface area contributed by atoms with E-state index in [9.17, 15) is 0 Å². The number of nitrogens with one attached hydrogen (secondary N) is 5. The Morgan fingerprint density at radius 2 is 1.00 bits per heavy atom. The van der Waals surface area contributed by atoms with Crippen molar-refractivity contribution in [3.63, 3.8) is 0 Å². The van der Waals surface area contributed by atoms with Gasteiger partial charge in [0.25, 0.3) is 0 Å². The Balaban J connectivity index is 2.19. The molecule has 5 heteroatoms. The summed E-state index contributed by atoms with van der Waals surface area (Å²) >= 11 is 0. The lowest BCUT2D eigenvalue weighted by Gasteiger charge is -2.16. The molecule has 0 aromatic rings. The van der Waals surface area contributed by atoms with Gasteiger partial charge in [-0.1, -0.05) is 0 Å². The number of hydrogen-bond acceptors (Lipinski definition) is 5. The van der Waals surface area contributed by atoms with E-state index < -0.39 is 0 Å². The van der Waals surface area contributed by atoms with E-state index in [2.05, 4.69) is 40.4 Å². The summed E-state index contributed by atoms with van der Waals surface area (Å²) in [6.45, 7) is 12.8. The Bertz CT molecular complexity index is 158. The second kappa shape index (κ2) is 9.79. The molecule has 5 nitrogen and oxygen atoms in total. The van der Waals surface area contributed by atoms with Crippen LogP contribution in [0.3, 0.4) is 0 Å². The van der Waals surface area contributed by atoms with E-state index in [1.54, 1.807) is 0 Å².